The molecule has 4 heteroatoms. The smallest absolute Gasteiger partial charge is 0.251 e. The van der Waals surface area contributed by atoms with Gasteiger partial charge in [0.2, 0.25) is 0 Å². The van der Waals surface area contributed by atoms with E-state index in [1.165, 1.54) is 0 Å². The van der Waals surface area contributed by atoms with Gasteiger partial charge in [0.1, 0.15) is 5.75 Å². The number of hydrogen-bond acceptors (Lipinski definition) is 2. The molecule has 0 fully saturated rings. The first-order valence-corrected chi connectivity index (χ1v) is 7.27. The van der Waals surface area contributed by atoms with Gasteiger partial charge in [-0.2, -0.15) is 0 Å². The van der Waals surface area contributed by atoms with Crippen LogP contribution in [0.2, 0.25) is 0 Å². The molecule has 0 spiro atoms. The molecule has 1 amide bonds. The third-order valence-electron chi connectivity index (χ3n) is 3.31. The summed E-state index contributed by atoms with van der Waals surface area (Å²) in [5, 5.41) is 2.97. The van der Waals surface area contributed by atoms with Crippen molar-refractivity contribution in [3.8, 4) is 5.75 Å². The maximum atomic E-state index is 12.2. The first-order chi connectivity index (χ1) is 10.1. The molecule has 0 aliphatic heterocycles. The number of halogens is 1. The van der Waals surface area contributed by atoms with Crippen LogP contribution in [0, 0.1) is 0 Å². The zero-order valence-corrected chi connectivity index (χ0v) is 12.9. The summed E-state index contributed by atoms with van der Waals surface area (Å²) in [4.78, 5) is 12.2. The van der Waals surface area contributed by atoms with Crippen LogP contribution in [-0.4, -0.2) is 13.0 Å². The fraction of sp³-hybridized carbons (Fsp3) is 0.235. The van der Waals surface area contributed by atoms with Gasteiger partial charge < -0.3 is 10.1 Å². The Labute approximate surface area is 129 Å². The average molecular weight is 304 g/mol. The van der Waals surface area contributed by atoms with Crippen LogP contribution >= 0.6 is 11.6 Å². The van der Waals surface area contributed by atoms with E-state index in [4.69, 9.17) is 16.3 Å². The predicted molar refractivity (Wildman–Crippen MR) is 84.9 cm³/mol. The van der Waals surface area contributed by atoms with Gasteiger partial charge in [-0.05, 0) is 42.3 Å². The highest BCUT2D eigenvalue weighted by molar-refractivity contribution is 6.17. The van der Waals surface area contributed by atoms with E-state index in [0.717, 1.165) is 16.9 Å². The van der Waals surface area contributed by atoms with E-state index in [2.05, 4.69) is 5.32 Å². The minimum atomic E-state index is -0.105. The van der Waals surface area contributed by atoms with Gasteiger partial charge in [0.25, 0.3) is 5.91 Å². The molecule has 2 aromatic carbocycles. The number of hydrogen-bond donors (Lipinski definition) is 1. The second-order valence-electron chi connectivity index (χ2n) is 4.80. The van der Waals surface area contributed by atoms with Crippen LogP contribution in [0.15, 0.2) is 48.5 Å². The fourth-order valence-corrected chi connectivity index (χ4v) is 2.20. The molecular formula is C17H18ClNO2. The molecule has 3 nitrogen and oxygen atoms in total. The third kappa shape index (κ3) is 3.99. The summed E-state index contributed by atoms with van der Waals surface area (Å²) in [6, 6.07) is 14.9. The Bertz CT molecular complexity index is 610. The van der Waals surface area contributed by atoms with Gasteiger partial charge in [-0.15, -0.1) is 11.6 Å². The van der Waals surface area contributed by atoms with Gasteiger partial charge in [0, 0.05) is 11.4 Å². The van der Waals surface area contributed by atoms with Gasteiger partial charge in [-0.1, -0.05) is 24.3 Å². The summed E-state index contributed by atoms with van der Waals surface area (Å²) in [5.41, 5.74) is 2.62. The quantitative estimate of drug-likeness (QED) is 0.850. The predicted octanol–water partition coefficient (Wildman–Crippen LogP) is 3.93. The topological polar surface area (TPSA) is 38.3 Å². The summed E-state index contributed by atoms with van der Waals surface area (Å²) in [5.74, 6) is 1.12. The van der Waals surface area contributed by atoms with Crippen LogP contribution in [0.25, 0.3) is 0 Å². The Hall–Kier alpha value is -2.00. The van der Waals surface area contributed by atoms with Crippen LogP contribution in [0.1, 0.15) is 34.5 Å². The minimum absolute atomic E-state index is 0.0969. The second-order valence-corrected chi connectivity index (χ2v) is 5.07. The van der Waals surface area contributed by atoms with E-state index in [-0.39, 0.29) is 11.9 Å². The summed E-state index contributed by atoms with van der Waals surface area (Å²) < 4.78 is 5.19. The SMILES string of the molecule is COc1cccc(C(C)NC(=O)c2ccc(CCl)cc2)c1. The van der Waals surface area contributed by atoms with Crippen molar-refractivity contribution in [2.24, 2.45) is 0 Å². The summed E-state index contributed by atoms with van der Waals surface area (Å²) >= 11 is 5.74. The van der Waals surface area contributed by atoms with Gasteiger partial charge in [0.15, 0.2) is 0 Å². The number of carbonyl (C=O) groups excluding carboxylic acids is 1. The number of methoxy groups -OCH3 is 1. The van der Waals surface area contributed by atoms with Crippen molar-refractivity contribution < 1.29 is 9.53 Å². The zero-order valence-electron chi connectivity index (χ0n) is 12.1. The number of amides is 1. The van der Waals surface area contributed by atoms with Gasteiger partial charge >= 0.3 is 0 Å². The Morgan fingerprint density at radius 2 is 1.95 bits per heavy atom. The number of nitrogens with one attached hydrogen (secondary N) is 1. The molecule has 0 radical (unpaired) electrons. The van der Waals surface area contributed by atoms with Crippen molar-refractivity contribution in [3.63, 3.8) is 0 Å². The maximum absolute atomic E-state index is 12.2. The average Bonchev–Trinajstić information content (AvgIpc) is 2.54. The molecule has 1 unspecified atom stereocenters. The lowest BCUT2D eigenvalue weighted by Crippen LogP contribution is -2.26. The van der Waals surface area contributed by atoms with Gasteiger partial charge in [-0.3, -0.25) is 4.79 Å². The molecule has 110 valence electrons. The monoisotopic (exact) mass is 303 g/mol. The second kappa shape index (κ2) is 7.14. The molecule has 0 aromatic heterocycles. The zero-order chi connectivity index (χ0) is 15.2. The van der Waals surface area contributed by atoms with Crippen molar-refractivity contribution in [2.45, 2.75) is 18.8 Å². The maximum Gasteiger partial charge on any atom is 0.251 e. The van der Waals surface area contributed by atoms with Crippen LogP contribution in [0.4, 0.5) is 0 Å². The molecule has 0 aliphatic rings. The van der Waals surface area contributed by atoms with E-state index >= 15 is 0 Å². The van der Waals surface area contributed by atoms with E-state index < -0.39 is 0 Å². The normalized spacial score (nSPS) is 11.8. The number of carbonyl (C=O) groups is 1. The van der Waals surface area contributed by atoms with Crippen molar-refractivity contribution in [3.05, 3.63) is 65.2 Å². The fourth-order valence-electron chi connectivity index (χ4n) is 2.02. The summed E-state index contributed by atoms with van der Waals surface area (Å²) in [7, 11) is 1.63. The molecule has 0 bridgehead atoms. The van der Waals surface area contributed by atoms with E-state index in [9.17, 15) is 4.79 Å². The minimum Gasteiger partial charge on any atom is -0.497 e. The largest absolute Gasteiger partial charge is 0.497 e. The summed E-state index contributed by atoms with van der Waals surface area (Å²) in [6.45, 7) is 1.94. The van der Waals surface area contributed by atoms with Gasteiger partial charge in [0.05, 0.1) is 13.2 Å². The molecule has 2 aromatic rings. The Morgan fingerprint density at radius 3 is 2.57 bits per heavy atom. The molecule has 2 rings (SSSR count). The molecule has 0 saturated carbocycles. The number of ether oxygens (including phenoxy) is 1. The molecule has 1 N–H and O–H groups in total. The van der Waals surface area contributed by atoms with Crippen molar-refractivity contribution >= 4 is 17.5 Å². The first kappa shape index (κ1) is 15.4. The Balaban J connectivity index is 2.06. The highest BCUT2D eigenvalue weighted by Crippen LogP contribution is 2.19. The van der Waals surface area contributed by atoms with Crippen LogP contribution in [0.3, 0.4) is 0 Å². The van der Waals surface area contributed by atoms with Crippen molar-refractivity contribution in [2.75, 3.05) is 7.11 Å². The van der Waals surface area contributed by atoms with Crippen LogP contribution < -0.4 is 10.1 Å². The Morgan fingerprint density at radius 1 is 1.24 bits per heavy atom. The number of rotatable bonds is 5. The molecule has 0 saturated heterocycles. The van der Waals surface area contributed by atoms with Gasteiger partial charge in [-0.25, -0.2) is 0 Å². The number of benzene rings is 2. The molecule has 1 atom stereocenters. The van der Waals surface area contributed by atoms with Crippen molar-refractivity contribution in [1.29, 1.82) is 0 Å². The van der Waals surface area contributed by atoms with E-state index in [1.54, 1.807) is 19.2 Å². The molecule has 0 heterocycles. The van der Waals surface area contributed by atoms with Crippen LogP contribution in [-0.2, 0) is 5.88 Å². The highest BCUT2D eigenvalue weighted by Gasteiger charge is 2.11. The first-order valence-electron chi connectivity index (χ1n) is 6.73. The van der Waals surface area contributed by atoms with Crippen LogP contribution in [0.5, 0.6) is 5.75 Å². The lowest BCUT2D eigenvalue weighted by atomic mass is 10.1. The third-order valence-corrected chi connectivity index (χ3v) is 3.62. The Kier molecular flexibility index (Phi) is 5.23. The van der Waals surface area contributed by atoms with E-state index in [0.29, 0.717) is 11.4 Å². The summed E-state index contributed by atoms with van der Waals surface area (Å²) in [6.07, 6.45) is 0. The lowest BCUT2D eigenvalue weighted by molar-refractivity contribution is 0.0940. The molecular weight excluding hydrogens is 286 g/mol. The van der Waals surface area contributed by atoms with Crippen molar-refractivity contribution in [1.82, 2.24) is 5.32 Å². The standard InChI is InChI=1S/C17H18ClNO2/c1-12(15-4-3-5-16(10-15)21-2)19-17(20)14-8-6-13(11-18)7-9-14/h3-10,12H,11H2,1-2H3,(H,19,20). The number of alkyl halides is 1. The highest BCUT2D eigenvalue weighted by atomic mass is 35.5. The molecule has 0 aliphatic carbocycles. The lowest BCUT2D eigenvalue weighted by Gasteiger charge is -2.15. The molecule has 21 heavy (non-hydrogen) atoms. The van der Waals surface area contributed by atoms with E-state index in [1.807, 2.05) is 43.3 Å².